The first-order chi connectivity index (χ1) is 7.47. The van der Waals surface area contributed by atoms with Gasteiger partial charge in [0, 0.05) is 11.1 Å². The van der Waals surface area contributed by atoms with Gasteiger partial charge < -0.3 is 10.2 Å². The highest BCUT2D eigenvalue weighted by Crippen LogP contribution is 2.21. The van der Waals surface area contributed by atoms with Crippen molar-refractivity contribution in [2.24, 2.45) is 0 Å². The van der Waals surface area contributed by atoms with E-state index in [1.807, 2.05) is 0 Å². The first kappa shape index (κ1) is 12.3. The molecule has 0 saturated heterocycles. The molecule has 2 N–H and O–H groups in total. The van der Waals surface area contributed by atoms with Crippen LogP contribution in [0, 0.1) is 17.1 Å². The monoisotopic (exact) mass is 223 g/mol. The molecule has 2 atom stereocenters. The Bertz CT molecular complexity index is 453. The minimum absolute atomic E-state index is 0.209. The summed E-state index contributed by atoms with van der Waals surface area (Å²) >= 11 is 0. The van der Waals surface area contributed by atoms with Gasteiger partial charge in [-0.3, -0.25) is 4.79 Å². The third-order valence-electron chi connectivity index (χ3n) is 2.15. The fraction of sp³-hybridized carbons (Fsp3) is 0.273. The van der Waals surface area contributed by atoms with Crippen LogP contribution in [0.2, 0.25) is 0 Å². The molecule has 0 radical (unpaired) electrons. The number of carbonyl (C=O) groups is 1. The molecule has 0 fully saturated rings. The molecule has 0 aliphatic carbocycles. The Labute approximate surface area is 91.6 Å². The summed E-state index contributed by atoms with van der Waals surface area (Å²) in [5.74, 6) is -1.06. The lowest BCUT2D eigenvalue weighted by molar-refractivity contribution is 0.0502. The van der Waals surface area contributed by atoms with E-state index in [9.17, 15) is 14.3 Å². The average molecular weight is 223 g/mol. The maximum absolute atomic E-state index is 13.3. The SMILES string of the molecule is CC(=O)c1ccc(F)c(C(O)C(O)C#N)c1. The minimum atomic E-state index is -1.73. The number of ketones is 1. The molecule has 0 aliphatic rings. The summed E-state index contributed by atoms with van der Waals surface area (Å²) in [5.41, 5.74) is -0.0534. The highest BCUT2D eigenvalue weighted by atomic mass is 19.1. The minimum Gasteiger partial charge on any atom is -0.384 e. The lowest BCUT2D eigenvalue weighted by atomic mass is 10.0. The van der Waals surface area contributed by atoms with Gasteiger partial charge in [0.2, 0.25) is 0 Å². The van der Waals surface area contributed by atoms with E-state index >= 15 is 0 Å². The Hall–Kier alpha value is -1.77. The lowest BCUT2D eigenvalue weighted by Crippen LogP contribution is -2.17. The van der Waals surface area contributed by atoms with Gasteiger partial charge in [0.1, 0.15) is 11.9 Å². The van der Waals surface area contributed by atoms with Gasteiger partial charge in [0.25, 0.3) is 0 Å². The lowest BCUT2D eigenvalue weighted by Gasteiger charge is -2.13. The highest BCUT2D eigenvalue weighted by Gasteiger charge is 2.21. The van der Waals surface area contributed by atoms with Crippen LogP contribution in [0.25, 0.3) is 0 Å². The van der Waals surface area contributed by atoms with Crippen molar-refractivity contribution in [2.75, 3.05) is 0 Å². The first-order valence-electron chi connectivity index (χ1n) is 4.53. The Morgan fingerprint density at radius 3 is 2.62 bits per heavy atom. The first-order valence-corrected chi connectivity index (χ1v) is 4.53. The van der Waals surface area contributed by atoms with E-state index in [-0.39, 0.29) is 16.9 Å². The molecule has 0 heterocycles. The molecule has 5 heteroatoms. The number of nitrogens with zero attached hydrogens (tertiary/aromatic N) is 1. The van der Waals surface area contributed by atoms with Gasteiger partial charge in [-0.25, -0.2) is 4.39 Å². The van der Waals surface area contributed by atoms with Crippen LogP contribution in [0.3, 0.4) is 0 Å². The van der Waals surface area contributed by atoms with E-state index in [2.05, 4.69) is 0 Å². The van der Waals surface area contributed by atoms with Gasteiger partial charge in [-0.05, 0) is 25.1 Å². The largest absolute Gasteiger partial charge is 0.384 e. The zero-order valence-electron chi connectivity index (χ0n) is 8.51. The Kier molecular flexibility index (Phi) is 3.72. The van der Waals surface area contributed by atoms with Crippen LogP contribution in [-0.2, 0) is 0 Å². The Morgan fingerprint density at radius 1 is 1.50 bits per heavy atom. The van der Waals surface area contributed by atoms with Crippen molar-refractivity contribution in [1.82, 2.24) is 0 Å². The second-order valence-electron chi connectivity index (χ2n) is 3.31. The molecule has 0 saturated carbocycles. The maximum Gasteiger partial charge on any atom is 0.170 e. The van der Waals surface area contributed by atoms with E-state index in [1.54, 1.807) is 0 Å². The van der Waals surface area contributed by atoms with Crippen molar-refractivity contribution < 1.29 is 19.4 Å². The number of aliphatic hydroxyl groups is 2. The predicted octanol–water partition coefficient (Wildman–Crippen LogP) is 0.946. The van der Waals surface area contributed by atoms with Crippen LogP contribution >= 0.6 is 0 Å². The van der Waals surface area contributed by atoms with Crippen molar-refractivity contribution in [3.8, 4) is 6.07 Å². The zero-order chi connectivity index (χ0) is 12.3. The fourth-order valence-electron chi connectivity index (χ4n) is 1.23. The number of rotatable bonds is 3. The average Bonchev–Trinajstić information content (AvgIpc) is 2.27. The number of aliphatic hydroxyl groups excluding tert-OH is 2. The summed E-state index contributed by atoms with van der Waals surface area (Å²) in [4.78, 5) is 11.0. The van der Waals surface area contributed by atoms with E-state index < -0.39 is 18.0 Å². The molecule has 0 bridgehead atoms. The number of benzene rings is 1. The van der Waals surface area contributed by atoms with E-state index in [0.29, 0.717) is 0 Å². The molecule has 0 aromatic heterocycles. The summed E-state index contributed by atoms with van der Waals surface area (Å²) in [6, 6.07) is 4.80. The predicted molar refractivity (Wildman–Crippen MR) is 53.0 cm³/mol. The van der Waals surface area contributed by atoms with Crippen LogP contribution in [0.5, 0.6) is 0 Å². The number of halogens is 1. The molecule has 4 nitrogen and oxygen atoms in total. The topological polar surface area (TPSA) is 81.3 Å². The van der Waals surface area contributed by atoms with Crippen LogP contribution in [0.4, 0.5) is 4.39 Å². The van der Waals surface area contributed by atoms with Crippen molar-refractivity contribution in [3.05, 3.63) is 35.1 Å². The quantitative estimate of drug-likeness (QED) is 0.590. The summed E-state index contributed by atoms with van der Waals surface area (Å²) < 4.78 is 13.3. The van der Waals surface area contributed by atoms with Gasteiger partial charge in [0.05, 0.1) is 6.07 Å². The second-order valence-corrected chi connectivity index (χ2v) is 3.31. The van der Waals surface area contributed by atoms with Crippen LogP contribution in [0.15, 0.2) is 18.2 Å². The number of nitriles is 1. The third-order valence-corrected chi connectivity index (χ3v) is 2.15. The number of hydrogen-bond donors (Lipinski definition) is 2. The molecular weight excluding hydrogens is 213 g/mol. The van der Waals surface area contributed by atoms with Gasteiger partial charge in [-0.2, -0.15) is 5.26 Å². The molecule has 2 unspecified atom stereocenters. The molecule has 84 valence electrons. The summed E-state index contributed by atoms with van der Waals surface area (Å²) in [6.45, 7) is 1.30. The molecule has 0 aliphatic heterocycles. The maximum atomic E-state index is 13.3. The van der Waals surface area contributed by atoms with Crippen molar-refractivity contribution in [3.63, 3.8) is 0 Å². The molecule has 1 rings (SSSR count). The van der Waals surface area contributed by atoms with Gasteiger partial charge >= 0.3 is 0 Å². The molecular formula is C11H10FNO3. The summed E-state index contributed by atoms with van der Waals surface area (Å²) in [5, 5.41) is 26.9. The number of carbonyl (C=O) groups excluding carboxylic acids is 1. The zero-order valence-corrected chi connectivity index (χ0v) is 8.51. The third kappa shape index (κ3) is 2.42. The molecule has 1 aromatic carbocycles. The number of hydrogen-bond acceptors (Lipinski definition) is 4. The molecule has 1 aromatic rings. The second kappa shape index (κ2) is 4.84. The summed E-state index contributed by atoms with van der Waals surface area (Å²) in [6.07, 6.45) is -3.39. The van der Waals surface area contributed by atoms with E-state index in [0.717, 1.165) is 12.1 Å². The van der Waals surface area contributed by atoms with E-state index in [1.165, 1.54) is 19.1 Å². The van der Waals surface area contributed by atoms with E-state index in [4.69, 9.17) is 10.4 Å². The molecule has 0 amide bonds. The van der Waals surface area contributed by atoms with Crippen molar-refractivity contribution in [1.29, 1.82) is 5.26 Å². The molecule has 0 spiro atoms. The standard InChI is InChI=1S/C11H10FNO3/c1-6(14)7-2-3-9(12)8(4-7)11(16)10(15)5-13/h2-4,10-11,15-16H,1H3. The highest BCUT2D eigenvalue weighted by molar-refractivity contribution is 5.94. The Morgan fingerprint density at radius 2 is 2.12 bits per heavy atom. The summed E-state index contributed by atoms with van der Waals surface area (Å²) in [7, 11) is 0. The molecule has 16 heavy (non-hydrogen) atoms. The Balaban J connectivity index is 3.17. The number of Topliss-reactive ketones (excluding diaryl/α,β-unsaturated/α-hetero) is 1. The van der Waals surface area contributed by atoms with Gasteiger partial charge in [-0.15, -0.1) is 0 Å². The van der Waals surface area contributed by atoms with Crippen molar-refractivity contribution >= 4 is 5.78 Å². The van der Waals surface area contributed by atoms with Gasteiger partial charge in [-0.1, -0.05) is 0 Å². The van der Waals surface area contributed by atoms with Crippen LogP contribution < -0.4 is 0 Å². The van der Waals surface area contributed by atoms with Crippen LogP contribution in [0.1, 0.15) is 28.9 Å². The van der Waals surface area contributed by atoms with Gasteiger partial charge in [0.15, 0.2) is 11.9 Å². The smallest absolute Gasteiger partial charge is 0.170 e. The normalized spacial score (nSPS) is 13.9. The fourth-order valence-corrected chi connectivity index (χ4v) is 1.23. The van der Waals surface area contributed by atoms with Crippen LogP contribution in [-0.4, -0.2) is 22.1 Å². The van der Waals surface area contributed by atoms with Crippen molar-refractivity contribution in [2.45, 2.75) is 19.1 Å².